The van der Waals surface area contributed by atoms with Crippen molar-refractivity contribution < 1.29 is 37.9 Å². The lowest BCUT2D eigenvalue weighted by atomic mass is 9.94. The van der Waals surface area contributed by atoms with Crippen molar-refractivity contribution in [2.45, 2.75) is 110 Å². The first-order valence-corrected chi connectivity index (χ1v) is 16.0. The molecule has 0 heterocycles. The van der Waals surface area contributed by atoms with Gasteiger partial charge in [0.1, 0.15) is 6.04 Å². The van der Waals surface area contributed by atoms with Crippen LogP contribution in [0, 0.1) is 0 Å². The summed E-state index contributed by atoms with van der Waals surface area (Å²) in [6, 6.07) is -1.04. The highest BCUT2D eigenvalue weighted by Gasteiger charge is 2.69. The third-order valence-electron chi connectivity index (χ3n) is 6.11. The Balaban J connectivity index is 7.18. The van der Waals surface area contributed by atoms with E-state index in [4.69, 9.17) is 43.6 Å². The predicted octanol–water partition coefficient (Wildman–Crippen LogP) is 1.60. The minimum atomic E-state index is -1.54. The van der Waals surface area contributed by atoms with Crippen molar-refractivity contribution in [1.29, 1.82) is 0 Å². The van der Waals surface area contributed by atoms with E-state index >= 15 is 0 Å². The predicted molar refractivity (Wildman–Crippen MR) is 150 cm³/mol. The largest absolute Gasteiger partial charge is 0.350 e. The van der Waals surface area contributed by atoms with Gasteiger partial charge in [0.05, 0.1) is 20.5 Å². The maximum atomic E-state index is 7.24. The molecule has 0 aromatic heterocycles. The zero-order valence-electron chi connectivity index (χ0n) is 24.9. The van der Waals surface area contributed by atoms with Crippen LogP contribution < -0.4 is 5.73 Å². The molecule has 0 amide bonds. The van der Waals surface area contributed by atoms with Gasteiger partial charge in [-0.2, -0.15) is 0 Å². The van der Waals surface area contributed by atoms with Crippen LogP contribution in [0.3, 0.4) is 0 Å². The summed E-state index contributed by atoms with van der Waals surface area (Å²) >= 11 is 0. The topological polar surface area (TPSA) is 99.9 Å². The quantitative estimate of drug-likeness (QED) is 0.108. The molecule has 11 heteroatoms. The molecule has 2 N–H and O–H groups in total. The summed E-state index contributed by atoms with van der Waals surface area (Å²) in [5.41, 5.74) is 4.77. The summed E-state index contributed by atoms with van der Waals surface area (Å²) in [7, 11) is 0.814. The fourth-order valence-corrected chi connectivity index (χ4v) is 6.68. The molecule has 0 fully saturated rings. The molecule has 0 aliphatic carbocycles. The summed E-state index contributed by atoms with van der Waals surface area (Å²) in [5.74, 6) is -3.09. The molecule has 0 spiro atoms. The van der Waals surface area contributed by atoms with E-state index in [0.717, 1.165) is 25.7 Å². The van der Waals surface area contributed by atoms with Crippen LogP contribution in [0.1, 0.15) is 81.1 Å². The molecule has 36 heavy (non-hydrogen) atoms. The number of hydrogen-bond acceptors (Lipinski definition) is 9. The fourth-order valence-electron chi connectivity index (χ4n) is 4.50. The van der Waals surface area contributed by atoms with E-state index in [0.29, 0.717) is 73.3 Å². The lowest BCUT2D eigenvalue weighted by Crippen LogP contribution is -2.81. The van der Waals surface area contributed by atoms with E-state index in [9.17, 15) is 0 Å². The number of nitrogens with two attached hydrogens (primary N) is 1. The normalized spacial score (nSPS) is 17.2. The average Bonchev–Trinajstić information content (AvgIpc) is 2.83. The Morgan fingerprint density at radius 3 is 1.00 bits per heavy atom. The Morgan fingerprint density at radius 1 is 0.500 bits per heavy atom. The van der Waals surface area contributed by atoms with Crippen molar-refractivity contribution in [3.63, 3.8) is 0 Å². The molecule has 0 saturated heterocycles. The third-order valence-corrected chi connectivity index (χ3v) is 8.66. The summed E-state index contributed by atoms with van der Waals surface area (Å²) in [4.78, 5) is 0. The number of hydrogen-bond donors (Lipinski definition) is 1. The third kappa shape index (κ3) is 8.54. The molecule has 0 aromatic carbocycles. The van der Waals surface area contributed by atoms with Crippen molar-refractivity contribution in [2.75, 3.05) is 52.9 Å². The first-order valence-electron chi connectivity index (χ1n) is 14.0. The lowest BCUT2D eigenvalue weighted by molar-refractivity contribution is -0.442. The fraction of sp³-hybridized carbons (Fsp3) is 1.00. The molecular formula is C25H57NO8Si2. The molecule has 0 rings (SSSR count). The van der Waals surface area contributed by atoms with Crippen molar-refractivity contribution in [1.82, 2.24) is 0 Å². The van der Waals surface area contributed by atoms with Crippen molar-refractivity contribution >= 4 is 20.5 Å². The smallest absolute Gasteiger partial charge is 0.239 e. The van der Waals surface area contributed by atoms with Gasteiger partial charge in [-0.25, -0.2) is 0 Å². The van der Waals surface area contributed by atoms with Crippen molar-refractivity contribution in [3.05, 3.63) is 0 Å². The molecule has 2 atom stereocenters. The number of ether oxygens (including phenoxy) is 8. The van der Waals surface area contributed by atoms with Gasteiger partial charge >= 0.3 is 0 Å². The van der Waals surface area contributed by atoms with Crippen LogP contribution in [-0.4, -0.2) is 102 Å². The van der Waals surface area contributed by atoms with E-state index in [2.05, 4.69) is 13.8 Å². The maximum Gasteiger partial charge on any atom is 0.239 e. The molecule has 0 bridgehead atoms. The first-order chi connectivity index (χ1) is 17.1. The van der Waals surface area contributed by atoms with Gasteiger partial charge in [-0.1, -0.05) is 26.7 Å². The molecule has 0 saturated carbocycles. The Hall–Kier alpha value is 0.0738. The van der Waals surface area contributed by atoms with Gasteiger partial charge in [0.2, 0.25) is 11.6 Å². The highest BCUT2D eigenvalue weighted by atomic mass is 28.2. The van der Waals surface area contributed by atoms with E-state index in [1.165, 1.54) is 0 Å². The van der Waals surface area contributed by atoms with Gasteiger partial charge in [0, 0.05) is 52.9 Å². The highest BCUT2D eigenvalue weighted by Crippen LogP contribution is 2.44. The zero-order valence-corrected chi connectivity index (χ0v) is 28.9. The van der Waals surface area contributed by atoms with Crippen LogP contribution in [0.15, 0.2) is 0 Å². The number of unbranched alkanes of at least 4 members (excludes halogenated alkanes) is 2. The van der Waals surface area contributed by atoms with Crippen LogP contribution >= 0.6 is 0 Å². The summed E-state index contributed by atoms with van der Waals surface area (Å²) in [6.45, 7) is 18.7. The molecule has 0 radical (unpaired) electrons. The Labute approximate surface area is 226 Å². The van der Waals surface area contributed by atoms with Crippen molar-refractivity contribution in [2.24, 2.45) is 5.73 Å². The number of rotatable bonds is 24. The van der Waals surface area contributed by atoms with Gasteiger partial charge in [-0.05, 0) is 54.4 Å². The Bertz CT molecular complexity index is 504. The minimum Gasteiger partial charge on any atom is -0.350 e. The van der Waals surface area contributed by atoms with Gasteiger partial charge in [-0.15, -0.1) is 0 Å². The van der Waals surface area contributed by atoms with Crippen LogP contribution in [0.2, 0.25) is 0 Å². The SMILES string of the molecule is CCCCOC([SiH3])(OCC)C(OCC)(OCC)C(N)C(OCC)(OCC)C([SiH3])(OCC)OCCCC. The van der Waals surface area contributed by atoms with Crippen LogP contribution in [0.25, 0.3) is 0 Å². The second-order valence-electron chi connectivity index (χ2n) is 8.71. The maximum absolute atomic E-state index is 7.24. The summed E-state index contributed by atoms with van der Waals surface area (Å²) in [5, 5.41) is 0. The van der Waals surface area contributed by atoms with Gasteiger partial charge in [0.15, 0.2) is 10.8 Å². The molecule has 218 valence electrons. The lowest BCUT2D eigenvalue weighted by Gasteiger charge is -2.57. The van der Waals surface area contributed by atoms with Crippen molar-refractivity contribution in [3.8, 4) is 0 Å². The molecule has 0 aliphatic rings. The standard InChI is InChI=1S/C25H57NO8Si2/c1-9-17-19-33-24(35,31-15-7)22(27-11-3,28-12-4)21(26)23(29-13-5,30-14-6)25(36,32-16-8)34-20-18-10-2/h21H,9-20,26H2,1-8,35-36H3. The van der Waals surface area contributed by atoms with Crippen LogP contribution in [0.5, 0.6) is 0 Å². The molecular weight excluding hydrogens is 498 g/mol. The van der Waals surface area contributed by atoms with E-state index in [1.807, 2.05) is 41.5 Å². The minimum absolute atomic E-state index is 0.315. The zero-order chi connectivity index (χ0) is 27.7. The van der Waals surface area contributed by atoms with E-state index < -0.39 is 28.4 Å². The van der Waals surface area contributed by atoms with Gasteiger partial charge < -0.3 is 43.6 Å². The van der Waals surface area contributed by atoms with Crippen LogP contribution in [0.4, 0.5) is 0 Å². The van der Waals surface area contributed by atoms with Crippen LogP contribution in [-0.2, 0) is 37.9 Å². The molecule has 2 unspecified atom stereocenters. The highest BCUT2D eigenvalue weighted by molar-refractivity contribution is 6.15. The first kappa shape index (κ1) is 36.1. The second-order valence-corrected chi connectivity index (χ2v) is 11.3. The molecule has 0 aromatic rings. The Kier molecular flexibility index (Phi) is 18.4. The summed E-state index contributed by atoms with van der Waals surface area (Å²) in [6.07, 6.45) is 3.69. The average molecular weight is 556 g/mol. The molecule has 0 aliphatic heterocycles. The molecule has 9 nitrogen and oxygen atoms in total. The Morgan fingerprint density at radius 2 is 0.778 bits per heavy atom. The second kappa shape index (κ2) is 18.4. The van der Waals surface area contributed by atoms with E-state index in [-0.39, 0.29) is 0 Å². The van der Waals surface area contributed by atoms with Gasteiger partial charge in [-0.3, -0.25) is 0 Å². The van der Waals surface area contributed by atoms with Gasteiger partial charge in [0.25, 0.3) is 0 Å². The van der Waals surface area contributed by atoms with E-state index in [1.54, 1.807) is 0 Å². The monoisotopic (exact) mass is 555 g/mol. The summed E-state index contributed by atoms with van der Waals surface area (Å²) < 4.78 is 51.4.